The van der Waals surface area contributed by atoms with Crippen molar-refractivity contribution in [2.24, 2.45) is 0 Å². The Balaban J connectivity index is 2.24. The first-order valence-corrected chi connectivity index (χ1v) is 4.54. The van der Waals surface area contributed by atoms with Gasteiger partial charge in [-0.3, -0.25) is 0 Å². The van der Waals surface area contributed by atoms with Crippen LogP contribution < -0.4 is 10.5 Å². The smallest absolute Gasteiger partial charge is 0.323 e. The van der Waals surface area contributed by atoms with Gasteiger partial charge in [-0.1, -0.05) is 6.07 Å². The van der Waals surface area contributed by atoms with E-state index >= 15 is 0 Å². The van der Waals surface area contributed by atoms with Crippen molar-refractivity contribution in [2.45, 2.75) is 0 Å². The number of aromatic nitrogens is 2. The monoisotopic (exact) mass is 212 g/mol. The van der Waals surface area contributed by atoms with Crippen LogP contribution in [-0.4, -0.2) is 9.97 Å². The number of hydrogen-bond donors (Lipinski definition) is 1. The molecule has 0 aliphatic heterocycles. The minimum atomic E-state index is 0.162. The molecule has 16 heavy (non-hydrogen) atoms. The summed E-state index contributed by atoms with van der Waals surface area (Å²) in [6, 6.07) is 10.5. The van der Waals surface area contributed by atoms with Crippen LogP contribution in [0.2, 0.25) is 0 Å². The molecule has 0 unspecified atom stereocenters. The van der Waals surface area contributed by atoms with E-state index in [4.69, 9.17) is 15.7 Å². The molecule has 0 fully saturated rings. The Hall–Kier alpha value is -2.61. The molecular formula is C11H8N4O. The first kappa shape index (κ1) is 9.93. The maximum atomic E-state index is 8.72. The predicted molar refractivity (Wildman–Crippen MR) is 57.7 cm³/mol. The Labute approximate surface area is 92.1 Å². The van der Waals surface area contributed by atoms with Gasteiger partial charge < -0.3 is 10.5 Å². The number of benzene rings is 1. The minimum absolute atomic E-state index is 0.162. The number of ether oxygens (including phenoxy) is 1. The topological polar surface area (TPSA) is 84.8 Å². The van der Waals surface area contributed by atoms with Crippen molar-refractivity contribution < 1.29 is 4.74 Å². The first-order valence-electron chi connectivity index (χ1n) is 4.54. The average molecular weight is 212 g/mol. The molecule has 78 valence electrons. The number of nitrogens with zero attached hydrogens (tertiary/aromatic N) is 3. The molecule has 1 aromatic carbocycles. The summed E-state index contributed by atoms with van der Waals surface area (Å²) in [4.78, 5) is 7.78. The highest BCUT2D eigenvalue weighted by Crippen LogP contribution is 2.18. The fraction of sp³-hybridized carbons (Fsp3) is 0. The third-order valence-corrected chi connectivity index (χ3v) is 1.83. The lowest BCUT2D eigenvalue weighted by atomic mass is 10.2. The number of anilines is 1. The van der Waals surface area contributed by atoms with Gasteiger partial charge >= 0.3 is 6.01 Å². The number of nitrogens with two attached hydrogens (primary N) is 1. The van der Waals surface area contributed by atoms with E-state index in [1.54, 1.807) is 30.3 Å². The number of nitriles is 1. The molecule has 2 rings (SSSR count). The van der Waals surface area contributed by atoms with Gasteiger partial charge in [0.25, 0.3) is 0 Å². The van der Waals surface area contributed by atoms with E-state index < -0.39 is 0 Å². The van der Waals surface area contributed by atoms with E-state index in [1.807, 2.05) is 6.07 Å². The molecule has 0 saturated heterocycles. The summed E-state index contributed by atoms with van der Waals surface area (Å²) >= 11 is 0. The van der Waals surface area contributed by atoms with Crippen molar-refractivity contribution in [2.75, 3.05) is 5.73 Å². The summed E-state index contributed by atoms with van der Waals surface area (Å²) < 4.78 is 5.35. The van der Waals surface area contributed by atoms with Crippen molar-refractivity contribution in [1.82, 2.24) is 9.97 Å². The molecule has 0 aliphatic carbocycles. The van der Waals surface area contributed by atoms with Crippen LogP contribution in [0.1, 0.15) is 5.56 Å². The zero-order valence-corrected chi connectivity index (χ0v) is 8.29. The highest BCUT2D eigenvalue weighted by atomic mass is 16.5. The molecule has 5 nitrogen and oxygen atoms in total. The molecular weight excluding hydrogens is 204 g/mol. The van der Waals surface area contributed by atoms with Gasteiger partial charge in [-0.2, -0.15) is 10.2 Å². The molecule has 2 aromatic rings. The molecule has 0 aliphatic rings. The highest BCUT2D eigenvalue weighted by Gasteiger charge is 2.01. The first-order chi connectivity index (χ1) is 7.78. The third kappa shape index (κ3) is 2.25. The lowest BCUT2D eigenvalue weighted by Crippen LogP contribution is -1.95. The van der Waals surface area contributed by atoms with E-state index in [-0.39, 0.29) is 6.01 Å². The molecule has 0 bridgehead atoms. The molecule has 2 N–H and O–H groups in total. The fourth-order valence-electron chi connectivity index (χ4n) is 1.14. The van der Waals surface area contributed by atoms with Gasteiger partial charge in [0.1, 0.15) is 11.6 Å². The fourth-order valence-corrected chi connectivity index (χ4v) is 1.14. The molecule has 0 radical (unpaired) electrons. The minimum Gasteiger partial charge on any atom is -0.424 e. The number of nitrogen functional groups attached to an aromatic ring is 1. The quantitative estimate of drug-likeness (QED) is 0.819. The zero-order chi connectivity index (χ0) is 11.4. The van der Waals surface area contributed by atoms with Crippen molar-refractivity contribution in [3.63, 3.8) is 0 Å². The van der Waals surface area contributed by atoms with Crippen LogP contribution in [0.25, 0.3) is 0 Å². The second kappa shape index (κ2) is 4.28. The van der Waals surface area contributed by atoms with Crippen LogP contribution in [0, 0.1) is 11.3 Å². The van der Waals surface area contributed by atoms with Crippen molar-refractivity contribution in [3.8, 4) is 17.8 Å². The van der Waals surface area contributed by atoms with Gasteiger partial charge in [-0.25, -0.2) is 4.98 Å². The molecule has 1 heterocycles. The van der Waals surface area contributed by atoms with Crippen LogP contribution in [-0.2, 0) is 0 Å². The highest BCUT2D eigenvalue weighted by molar-refractivity contribution is 5.37. The second-order valence-corrected chi connectivity index (χ2v) is 3.01. The Morgan fingerprint density at radius 3 is 2.94 bits per heavy atom. The number of hydrogen-bond acceptors (Lipinski definition) is 5. The Kier molecular flexibility index (Phi) is 2.65. The molecule has 0 amide bonds. The summed E-state index contributed by atoms with van der Waals surface area (Å²) in [5.41, 5.74) is 6.00. The van der Waals surface area contributed by atoms with Gasteiger partial charge in [0, 0.05) is 6.20 Å². The van der Waals surface area contributed by atoms with E-state index in [0.717, 1.165) is 0 Å². The van der Waals surface area contributed by atoms with E-state index in [0.29, 0.717) is 17.1 Å². The SMILES string of the molecule is N#Cc1cccc(Oc2nccc(N)n2)c1. The molecule has 0 atom stereocenters. The van der Waals surface area contributed by atoms with Crippen LogP contribution >= 0.6 is 0 Å². The Bertz CT molecular complexity index is 548. The van der Waals surface area contributed by atoms with E-state index in [1.165, 1.54) is 6.20 Å². The summed E-state index contributed by atoms with van der Waals surface area (Å²) in [5.74, 6) is 0.839. The third-order valence-electron chi connectivity index (χ3n) is 1.83. The zero-order valence-electron chi connectivity index (χ0n) is 8.29. The summed E-state index contributed by atoms with van der Waals surface area (Å²) in [6.45, 7) is 0. The van der Waals surface area contributed by atoms with E-state index in [9.17, 15) is 0 Å². The average Bonchev–Trinajstić information content (AvgIpc) is 2.29. The lowest BCUT2D eigenvalue weighted by molar-refractivity contribution is 0.442. The summed E-state index contributed by atoms with van der Waals surface area (Å²) in [5, 5.41) is 8.72. The standard InChI is InChI=1S/C11H8N4O/c12-7-8-2-1-3-9(6-8)16-11-14-5-4-10(13)15-11/h1-6H,(H2,13,14,15). The maximum absolute atomic E-state index is 8.72. The molecule has 5 heteroatoms. The maximum Gasteiger partial charge on any atom is 0.323 e. The normalized spacial score (nSPS) is 9.44. The molecule has 0 saturated carbocycles. The van der Waals surface area contributed by atoms with Crippen molar-refractivity contribution in [1.29, 1.82) is 5.26 Å². The van der Waals surface area contributed by atoms with E-state index in [2.05, 4.69) is 9.97 Å². The van der Waals surface area contributed by atoms with Gasteiger partial charge in [0.2, 0.25) is 0 Å². The van der Waals surface area contributed by atoms with Crippen LogP contribution in [0.3, 0.4) is 0 Å². The van der Waals surface area contributed by atoms with Gasteiger partial charge in [0.05, 0.1) is 11.6 Å². The van der Waals surface area contributed by atoms with Crippen molar-refractivity contribution >= 4 is 5.82 Å². The Morgan fingerprint density at radius 2 is 2.19 bits per heavy atom. The summed E-state index contributed by atoms with van der Waals surface area (Å²) in [6.07, 6.45) is 1.51. The van der Waals surface area contributed by atoms with Crippen LogP contribution in [0.15, 0.2) is 36.5 Å². The summed E-state index contributed by atoms with van der Waals surface area (Å²) in [7, 11) is 0. The second-order valence-electron chi connectivity index (χ2n) is 3.01. The van der Waals surface area contributed by atoms with Crippen molar-refractivity contribution in [3.05, 3.63) is 42.1 Å². The predicted octanol–water partition coefficient (Wildman–Crippen LogP) is 1.72. The van der Waals surface area contributed by atoms with Gasteiger partial charge in [0.15, 0.2) is 0 Å². The van der Waals surface area contributed by atoms with Gasteiger partial charge in [-0.05, 0) is 24.3 Å². The van der Waals surface area contributed by atoms with Crippen LogP contribution in [0.5, 0.6) is 11.8 Å². The van der Waals surface area contributed by atoms with Crippen LogP contribution in [0.4, 0.5) is 5.82 Å². The Morgan fingerprint density at radius 1 is 1.31 bits per heavy atom. The largest absolute Gasteiger partial charge is 0.424 e. The molecule has 0 spiro atoms. The number of rotatable bonds is 2. The van der Waals surface area contributed by atoms with Gasteiger partial charge in [-0.15, -0.1) is 0 Å². The molecule has 1 aromatic heterocycles. The lowest BCUT2D eigenvalue weighted by Gasteiger charge is -2.03.